The third kappa shape index (κ3) is 0.813. The molecule has 2 rings (SSSR count). The Labute approximate surface area is 62.9 Å². The monoisotopic (exact) mass is 149 g/mol. The maximum Gasteiger partial charge on any atom is 0.241 e. The zero-order chi connectivity index (χ0) is 7.84. The van der Waals surface area contributed by atoms with Crippen molar-refractivity contribution in [2.45, 2.75) is 6.92 Å². The first-order valence-corrected chi connectivity index (χ1v) is 3.21. The molecular formula is C6H7N5. The van der Waals surface area contributed by atoms with Crippen molar-refractivity contribution < 1.29 is 0 Å². The SMILES string of the molecule is Cc1cc2cnnc(N)n2n1. The van der Waals surface area contributed by atoms with Gasteiger partial charge in [0.15, 0.2) is 0 Å². The van der Waals surface area contributed by atoms with Crippen LogP contribution in [0.3, 0.4) is 0 Å². The van der Waals surface area contributed by atoms with Crippen molar-refractivity contribution >= 4 is 11.5 Å². The Morgan fingerprint density at radius 1 is 1.55 bits per heavy atom. The molecular weight excluding hydrogens is 142 g/mol. The lowest BCUT2D eigenvalue weighted by atomic mass is 10.4. The van der Waals surface area contributed by atoms with Gasteiger partial charge in [0, 0.05) is 0 Å². The molecule has 0 unspecified atom stereocenters. The standard InChI is InChI=1S/C6H7N5/c1-4-2-5-3-8-9-6(7)11(5)10-4/h2-3H,1H3,(H2,7,9). The molecule has 2 N–H and O–H groups in total. The summed E-state index contributed by atoms with van der Waals surface area (Å²) in [7, 11) is 0. The Kier molecular flexibility index (Phi) is 1.06. The highest BCUT2D eigenvalue weighted by atomic mass is 15.3. The van der Waals surface area contributed by atoms with Crippen molar-refractivity contribution in [2.24, 2.45) is 0 Å². The maximum absolute atomic E-state index is 5.50. The number of hydrogen-bond acceptors (Lipinski definition) is 4. The lowest BCUT2D eigenvalue weighted by Gasteiger charge is -1.92. The molecule has 0 saturated carbocycles. The number of aromatic nitrogens is 4. The molecule has 2 heterocycles. The number of nitrogens with two attached hydrogens (primary N) is 1. The molecule has 0 aromatic carbocycles. The van der Waals surface area contributed by atoms with E-state index in [-0.39, 0.29) is 0 Å². The quantitative estimate of drug-likeness (QED) is 0.573. The Morgan fingerprint density at radius 2 is 2.36 bits per heavy atom. The van der Waals surface area contributed by atoms with Crippen molar-refractivity contribution in [3.05, 3.63) is 18.0 Å². The number of fused-ring (bicyclic) bond motifs is 1. The summed E-state index contributed by atoms with van der Waals surface area (Å²) in [5.74, 6) is 0.315. The summed E-state index contributed by atoms with van der Waals surface area (Å²) in [6.07, 6.45) is 1.62. The second kappa shape index (κ2) is 1.91. The number of anilines is 1. The summed E-state index contributed by atoms with van der Waals surface area (Å²) in [6, 6.07) is 1.89. The molecule has 0 spiro atoms. The van der Waals surface area contributed by atoms with Gasteiger partial charge >= 0.3 is 0 Å². The van der Waals surface area contributed by atoms with E-state index in [1.54, 1.807) is 10.7 Å². The second-order valence-electron chi connectivity index (χ2n) is 2.33. The molecule has 2 aromatic heterocycles. The van der Waals surface area contributed by atoms with Gasteiger partial charge in [-0.1, -0.05) is 0 Å². The Morgan fingerprint density at radius 3 is 3.09 bits per heavy atom. The van der Waals surface area contributed by atoms with Crippen LogP contribution in [0.1, 0.15) is 5.69 Å². The van der Waals surface area contributed by atoms with E-state index in [9.17, 15) is 0 Å². The summed E-state index contributed by atoms with van der Waals surface area (Å²) in [6.45, 7) is 1.90. The number of nitrogen functional groups attached to an aromatic ring is 1. The van der Waals surface area contributed by atoms with E-state index in [4.69, 9.17) is 5.73 Å². The van der Waals surface area contributed by atoms with Gasteiger partial charge < -0.3 is 5.73 Å². The van der Waals surface area contributed by atoms with E-state index < -0.39 is 0 Å². The Bertz CT molecular complexity index is 391. The summed E-state index contributed by atoms with van der Waals surface area (Å²) in [5, 5.41) is 11.4. The summed E-state index contributed by atoms with van der Waals surface area (Å²) < 4.78 is 1.56. The van der Waals surface area contributed by atoms with Gasteiger partial charge in [-0.3, -0.25) is 0 Å². The smallest absolute Gasteiger partial charge is 0.241 e. The van der Waals surface area contributed by atoms with E-state index in [0.29, 0.717) is 5.95 Å². The zero-order valence-corrected chi connectivity index (χ0v) is 6.02. The van der Waals surface area contributed by atoms with Gasteiger partial charge in [0.2, 0.25) is 5.95 Å². The van der Waals surface area contributed by atoms with E-state index in [1.165, 1.54) is 0 Å². The number of hydrogen-bond donors (Lipinski definition) is 1. The van der Waals surface area contributed by atoms with Crippen LogP contribution in [0.4, 0.5) is 5.95 Å². The van der Waals surface area contributed by atoms with Gasteiger partial charge in [0.1, 0.15) is 0 Å². The van der Waals surface area contributed by atoms with Crippen LogP contribution < -0.4 is 5.73 Å². The number of aryl methyl sites for hydroxylation is 1. The first-order valence-electron chi connectivity index (χ1n) is 3.21. The summed E-state index contributed by atoms with van der Waals surface area (Å²) >= 11 is 0. The van der Waals surface area contributed by atoms with E-state index in [0.717, 1.165) is 11.2 Å². The predicted octanol–water partition coefficient (Wildman–Crippen LogP) is 0.0149. The van der Waals surface area contributed by atoms with Crippen LogP contribution in [0.15, 0.2) is 12.3 Å². The fourth-order valence-corrected chi connectivity index (χ4v) is 0.984. The molecule has 5 heteroatoms. The van der Waals surface area contributed by atoms with Crippen LogP contribution in [0.5, 0.6) is 0 Å². The van der Waals surface area contributed by atoms with Crippen molar-refractivity contribution in [1.29, 1.82) is 0 Å². The fourth-order valence-electron chi connectivity index (χ4n) is 0.984. The van der Waals surface area contributed by atoms with Crippen LogP contribution >= 0.6 is 0 Å². The molecule has 5 nitrogen and oxygen atoms in total. The largest absolute Gasteiger partial charge is 0.366 e. The number of rotatable bonds is 0. The number of nitrogens with zero attached hydrogens (tertiary/aromatic N) is 4. The molecule has 0 bridgehead atoms. The molecule has 0 saturated heterocycles. The first kappa shape index (κ1) is 6.09. The van der Waals surface area contributed by atoms with Crippen molar-refractivity contribution in [2.75, 3.05) is 5.73 Å². The highest BCUT2D eigenvalue weighted by Crippen LogP contribution is 2.05. The van der Waals surface area contributed by atoms with Gasteiger partial charge in [0.05, 0.1) is 17.4 Å². The van der Waals surface area contributed by atoms with Crippen molar-refractivity contribution in [3.8, 4) is 0 Å². The first-order chi connectivity index (χ1) is 5.27. The van der Waals surface area contributed by atoms with Crippen LogP contribution in [0, 0.1) is 6.92 Å². The van der Waals surface area contributed by atoms with Gasteiger partial charge in [-0.15, -0.1) is 5.10 Å². The molecule has 2 aromatic rings. The lowest BCUT2D eigenvalue weighted by molar-refractivity contribution is 0.871. The van der Waals surface area contributed by atoms with Crippen LogP contribution in [-0.4, -0.2) is 19.8 Å². The average Bonchev–Trinajstić information content (AvgIpc) is 2.31. The van der Waals surface area contributed by atoms with Crippen molar-refractivity contribution in [1.82, 2.24) is 19.8 Å². The molecule has 0 amide bonds. The minimum absolute atomic E-state index is 0.315. The molecule has 0 fully saturated rings. The molecule has 0 aliphatic carbocycles. The van der Waals surface area contributed by atoms with E-state index in [2.05, 4.69) is 15.3 Å². The highest BCUT2D eigenvalue weighted by molar-refractivity contribution is 5.47. The van der Waals surface area contributed by atoms with Gasteiger partial charge in [-0.05, 0) is 13.0 Å². The van der Waals surface area contributed by atoms with E-state index in [1.807, 2.05) is 13.0 Å². The third-order valence-corrected chi connectivity index (χ3v) is 1.43. The van der Waals surface area contributed by atoms with Crippen LogP contribution in [0.2, 0.25) is 0 Å². The van der Waals surface area contributed by atoms with Gasteiger partial charge in [0.25, 0.3) is 0 Å². The molecule has 0 aliphatic heterocycles. The highest BCUT2D eigenvalue weighted by Gasteiger charge is 1.99. The Hall–Kier alpha value is -1.65. The van der Waals surface area contributed by atoms with Gasteiger partial charge in [-0.25, -0.2) is 0 Å². The van der Waals surface area contributed by atoms with E-state index >= 15 is 0 Å². The second-order valence-corrected chi connectivity index (χ2v) is 2.33. The zero-order valence-electron chi connectivity index (χ0n) is 6.02. The van der Waals surface area contributed by atoms with Gasteiger partial charge in [-0.2, -0.15) is 14.7 Å². The molecule has 56 valence electrons. The fraction of sp³-hybridized carbons (Fsp3) is 0.167. The molecule has 0 atom stereocenters. The summed E-state index contributed by atoms with van der Waals surface area (Å²) in [4.78, 5) is 0. The average molecular weight is 149 g/mol. The summed E-state index contributed by atoms with van der Waals surface area (Å²) in [5.41, 5.74) is 7.28. The predicted molar refractivity (Wildman–Crippen MR) is 39.9 cm³/mol. The maximum atomic E-state index is 5.50. The van der Waals surface area contributed by atoms with Crippen LogP contribution in [0.25, 0.3) is 5.52 Å². The Balaban J connectivity index is 2.90. The minimum atomic E-state index is 0.315. The van der Waals surface area contributed by atoms with Crippen LogP contribution in [-0.2, 0) is 0 Å². The molecule has 0 aliphatic rings. The normalized spacial score (nSPS) is 10.6. The van der Waals surface area contributed by atoms with Crippen molar-refractivity contribution in [3.63, 3.8) is 0 Å². The third-order valence-electron chi connectivity index (χ3n) is 1.43. The lowest BCUT2D eigenvalue weighted by Crippen LogP contribution is -2.02. The minimum Gasteiger partial charge on any atom is -0.366 e. The topological polar surface area (TPSA) is 69.1 Å². The molecule has 11 heavy (non-hydrogen) atoms. The molecule has 0 radical (unpaired) electrons.